The van der Waals surface area contributed by atoms with E-state index in [4.69, 9.17) is 16.3 Å². The number of pyridine rings is 1. The Morgan fingerprint density at radius 2 is 1.81 bits per heavy atom. The summed E-state index contributed by atoms with van der Waals surface area (Å²) in [6.07, 6.45) is 1.53. The number of nitrogens with zero attached hydrogens (tertiary/aromatic N) is 2. The van der Waals surface area contributed by atoms with Crippen LogP contribution in [0, 0.1) is 12.7 Å². The van der Waals surface area contributed by atoms with Crippen molar-refractivity contribution in [2.75, 3.05) is 5.75 Å². The number of aromatic nitrogens is 2. The number of ether oxygens (including phenoxy) is 1. The molecule has 4 rings (SSSR count). The van der Waals surface area contributed by atoms with E-state index in [0.717, 1.165) is 10.8 Å². The highest BCUT2D eigenvalue weighted by Crippen LogP contribution is 2.41. The molecule has 0 fully saturated rings. The van der Waals surface area contributed by atoms with Crippen LogP contribution < -0.4 is 4.74 Å². The molecule has 0 aliphatic carbocycles. The van der Waals surface area contributed by atoms with Gasteiger partial charge in [-0.05, 0) is 61.0 Å². The number of benzene rings is 2. The molecule has 0 spiro atoms. The standard InChI is InChI=1S/C22H18ClFN2O4S/c1-3-31(28,29)15-5-7-20(30-21-6-4-14(23)11-19(21)24)18(12-15)17-10-13(2)26(27)22-16(17)8-9-25-22/h4-12,27H,3H2,1-2H3. The second kappa shape index (κ2) is 7.86. The van der Waals surface area contributed by atoms with Crippen LogP contribution in [0.3, 0.4) is 0 Å². The van der Waals surface area contributed by atoms with E-state index in [9.17, 15) is 18.0 Å². The molecule has 0 amide bonds. The first-order chi connectivity index (χ1) is 14.7. The lowest BCUT2D eigenvalue weighted by Gasteiger charge is -2.18. The number of aryl methyl sites for hydroxylation is 1. The van der Waals surface area contributed by atoms with Crippen LogP contribution in [0.1, 0.15) is 12.6 Å². The SMILES string of the molecule is CCS(=O)(=O)c1ccc(Oc2ccc(Cl)cc2F)c(-c2cc(C)n(O)c3nccc2-3)c1. The predicted octanol–water partition coefficient (Wildman–Crippen LogP) is 5.58. The van der Waals surface area contributed by atoms with Crippen molar-refractivity contribution in [1.82, 2.24) is 9.71 Å². The molecule has 0 saturated heterocycles. The summed E-state index contributed by atoms with van der Waals surface area (Å²) in [5.41, 5.74) is 2.08. The van der Waals surface area contributed by atoms with Crippen LogP contribution >= 0.6 is 11.6 Å². The van der Waals surface area contributed by atoms with Crippen LogP contribution in [-0.2, 0) is 9.84 Å². The molecule has 0 bridgehead atoms. The number of hydrogen-bond acceptors (Lipinski definition) is 5. The lowest BCUT2D eigenvalue weighted by Crippen LogP contribution is -2.07. The fraction of sp³-hybridized carbons (Fsp3) is 0.136. The molecule has 9 heteroatoms. The van der Waals surface area contributed by atoms with E-state index in [0.29, 0.717) is 28.2 Å². The Bertz CT molecular complexity index is 1370. The van der Waals surface area contributed by atoms with Crippen molar-refractivity contribution in [2.45, 2.75) is 18.7 Å². The monoisotopic (exact) mass is 460 g/mol. The average molecular weight is 461 g/mol. The molecule has 2 aliphatic heterocycles. The van der Waals surface area contributed by atoms with Crippen molar-refractivity contribution in [3.8, 4) is 34.0 Å². The molecular formula is C22H18ClFN2O4S. The Balaban J connectivity index is 1.96. The zero-order valence-electron chi connectivity index (χ0n) is 16.6. The van der Waals surface area contributed by atoms with Gasteiger partial charge < -0.3 is 9.94 Å². The Kier molecular flexibility index (Phi) is 5.36. The van der Waals surface area contributed by atoms with Gasteiger partial charge in [0.2, 0.25) is 0 Å². The van der Waals surface area contributed by atoms with Crippen LogP contribution in [0.4, 0.5) is 4.39 Å². The highest BCUT2D eigenvalue weighted by molar-refractivity contribution is 7.91. The fourth-order valence-corrected chi connectivity index (χ4v) is 4.35. The topological polar surface area (TPSA) is 81.4 Å². The van der Waals surface area contributed by atoms with E-state index in [1.165, 1.54) is 36.5 Å². The molecule has 2 aromatic carbocycles. The zero-order chi connectivity index (χ0) is 22.3. The smallest absolute Gasteiger partial charge is 0.178 e. The molecular weight excluding hydrogens is 443 g/mol. The van der Waals surface area contributed by atoms with E-state index in [2.05, 4.69) is 4.98 Å². The summed E-state index contributed by atoms with van der Waals surface area (Å²) in [5, 5.41) is 10.5. The summed E-state index contributed by atoms with van der Waals surface area (Å²) < 4.78 is 46.2. The number of rotatable bonds is 5. The third kappa shape index (κ3) is 3.84. The summed E-state index contributed by atoms with van der Waals surface area (Å²) >= 11 is 5.82. The predicted molar refractivity (Wildman–Crippen MR) is 115 cm³/mol. The Labute approximate surface area is 183 Å². The van der Waals surface area contributed by atoms with Gasteiger partial charge in [0, 0.05) is 22.3 Å². The van der Waals surface area contributed by atoms with Crippen molar-refractivity contribution in [3.63, 3.8) is 0 Å². The van der Waals surface area contributed by atoms with Crippen molar-refractivity contribution in [1.29, 1.82) is 0 Å². The molecule has 0 saturated carbocycles. The van der Waals surface area contributed by atoms with Crippen LogP contribution in [0.2, 0.25) is 5.02 Å². The summed E-state index contributed by atoms with van der Waals surface area (Å²) in [6.45, 7) is 3.24. The van der Waals surface area contributed by atoms with Crippen molar-refractivity contribution in [2.24, 2.45) is 0 Å². The highest BCUT2D eigenvalue weighted by atomic mass is 35.5. The van der Waals surface area contributed by atoms with Gasteiger partial charge in [-0.3, -0.25) is 0 Å². The molecule has 2 aliphatic rings. The van der Waals surface area contributed by atoms with Crippen LogP contribution in [0.5, 0.6) is 11.5 Å². The van der Waals surface area contributed by atoms with Gasteiger partial charge in [-0.1, -0.05) is 18.5 Å². The van der Waals surface area contributed by atoms with Gasteiger partial charge >= 0.3 is 0 Å². The summed E-state index contributed by atoms with van der Waals surface area (Å²) in [5.74, 6) is -0.230. The highest BCUT2D eigenvalue weighted by Gasteiger charge is 2.23. The van der Waals surface area contributed by atoms with Crippen LogP contribution in [0.25, 0.3) is 22.5 Å². The Morgan fingerprint density at radius 3 is 2.52 bits per heavy atom. The summed E-state index contributed by atoms with van der Waals surface area (Å²) in [4.78, 5) is 4.28. The molecule has 160 valence electrons. The third-order valence-electron chi connectivity index (χ3n) is 4.95. The van der Waals surface area contributed by atoms with Gasteiger partial charge in [-0.15, -0.1) is 0 Å². The molecule has 0 radical (unpaired) electrons. The molecule has 2 heterocycles. The first-order valence-electron chi connectivity index (χ1n) is 9.37. The van der Waals surface area contributed by atoms with E-state index >= 15 is 0 Å². The zero-order valence-corrected chi connectivity index (χ0v) is 18.2. The molecule has 0 atom stereocenters. The number of hydrogen-bond donors (Lipinski definition) is 1. The van der Waals surface area contributed by atoms with Crippen molar-refractivity contribution >= 4 is 21.4 Å². The molecule has 2 aromatic rings. The van der Waals surface area contributed by atoms with Gasteiger partial charge in [0.05, 0.1) is 16.3 Å². The lowest BCUT2D eigenvalue weighted by molar-refractivity contribution is 0.180. The normalized spacial score (nSPS) is 11.7. The maximum atomic E-state index is 14.4. The first-order valence-corrected chi connectivity index (χ1v) is 11.4. The van der Waals surface area contributed by atoms with Gasteiger partial charge in [0.25, 0.3) is 0 Å². The average Bonchev–Trinajstić information content (AvgIpc) is 3.23. The van der Waals surface area contributed by atoms with E-state index in [1.807, 2.05) is 0 Å². The summed E-state index contributed by atoms with van der Waals surface area (Å²) in [6, 6.07) is 11.8. The van der Waals surface area contributed by atoms with Gasteiger partial charge in [-0.25, -0.2) is 17.8 Å². The van der Waals surface area contributed by atoms with Gasteiger partial charge in [0.1, 0.15) is 5.75 Å². The molecule has 31 heavy (non-hydrogen) atoms. The van der Waals surface area contributed by atoms with Crippen LogP contribution in [-0.4, -0.2) is 29.1 Å². The number of halogens is 2. The minimum atomic E-state index is -3.51. The second-order valence-electron chi connectivity index (χ2n) is 6.93. The summed E-state index contributed by atoms with van der Waals surface area (Å²) in [7, 11) is -3.51. The Hall–Kier alpha value is -3.10. The maximum Gasteiger partial charge on any atom is 0.178 e. The first kappa shape index (κ1) is 21.1. The second-order valence-corrected chi connectivity index (χ2v) is 9.65. The Morgan fingerprint density at radius 1 is 1.06 bits per heavy atom. The molecule has 0 unspecified atom stereocenters. The number of sulfone groups is 1. The molecule has 0 aromatic heterocycles. The quantitative estimate of drug-likeness (QED) is 0.393. The van der Waals surface area contributed by atoms with E-state index in [-0.39, 0.29) is 27.2 Å². The van der Waals surface area contributed by atoms with E-state index < -0.39 is 15.7 Å². The van der Waals surface area contributed by atoms with E-state index in [1.54, 1.807) is 26.0 Å². The fourth-order valence-electron chi connectivity index (χ4n) is 3.29. The minimum Gasteiger partial charge on any atom is -0.454 e. The van der Waals surface area contributed by atoms with Crippen LogP contribution in [0.15, 0.2) is 59.6 Å². The molecule has 6 nitrogen and oxygen atoms in total. The molecule has 1 N–H and O–H groups in total. The van der Waals surface area contributed by atoms with Crippen molar-refractivity contribution < 1.29 is 22.8 Å². The maximum absolute atomic E-state index is 14.4. The van der Waals surface area contributed by atoms with Crippen molar-refractivity contribution in [3.05, 3.63) is 71.3 Å². The third-order valence-corrected chi connectivity index (χ3v) is 6.92. The lowest BCUT2D eigenvalue weighted by atomic mass is 9.98. The van der Waals surface area contributed by atoms with Gasteiger partial charge in [-0.2, -0.15) is 4.73 Å². The number of fused-ring (bicyclic) bond motifs is 1. The minimum absolute atomic E-state index is 0.0569. The largest absolute Gasteiger partial charge is 0.454 e. The van der Waals surface area contributed by atoms with Gasteiger partial charge in [0.15, 0.2) is 27.2 Å².